The molecule has 1 rings (SSSR count). The molecule has 0 heterocycles. The van der Waals surface area contributed by atoms with E-state index in [0.717, 1.165) is 4.47 Å². The third-order valence-electron chi connectivity index (χ3n) is 2.53. The number of hydrogen-bond acceptors (Lipinski definition) is 2. The first-order valence-electron chi connectivity index (χ1n) is 5.89. The normalized spacial score (nSPS) is 12.2. The van der Waals surface area contributed by atoms with Gasteiger partial charge in [-0.3, -0.25) is 4.79 Å². The lowest BCUT2D eigenvalue weighted by molar-refractivity contribution is -0.120. The van der Waals surface area contributed by atoms with Gasteiger partial charge < -0.3 is 10.6 Å². The minimum Gasteiger partial charge on any atom is -0.356 e. The van der Waals surface area contributed by atoms with E-state index in [0.29, 0.717) is 19.5 Å². The highest BCUT2D eigenvalue weighted by molar-refractivity contribution is 9.10. The molecule has 0 aliphatic heterocycles. The van der Waals surface area contributed by atoms with Crippen LogP contribution in [0.2, 0.25) is 0 Å². The van der Waals surface area contributed by atoms with Crippen LogP contribution in [-0.4, -0.2) is 19.0 Å². The molecule has 3 nitrogen and oxygen atoms in total. The van der Waals surface area contributed by atoms with Gasteiger partial charge in [-0.15, -0.1) is 0 Å². The van der Waals surface area contributed by atoms with Gasteiger partial charge in [0.05, 0.1) is 0 Å². The first kappa shape index (κ1) is 14.2. The molecule has 0 radical (unpaired) electrons. The molecule has 0 aromatic heterocycles. The summed E-state index contributed by atoms with van der Waals surface area (Å²) in [5.41, 5.74) is 1.22. The van der Waals surface area contributed by atoms with E-state index in [1.165, 1.54) is 5.56 Å². The van der Waals surface area contributed by atoms with Crippen molar-refractivity contribution >= 4 is 21.8 Å². The van der Waals surface area contributed by atoms with E-state index in [1.807, 2.05) is 19.1 Å². The monoisotopic (exact) mass is 298 g/mol. The van der Waals surface area contributed by atoms with Crippen molar-refractivity contribution in [2.75, 3.05) is 13.1 Å². The number of halogens is 1. The maximum Gasteiger partial charge on any atom is 0.221 e. The van der Waals surface area contributed by atoms with Crippen molar-refractivity contribution in [3.63, 3.8) is 0 Å². The van der Waals surface area contributed by atoms with E-state index in [9.17, 15) is 4.79 Å². The van der Waals surface area contributed by atoms with Crippen LogP contribution in [0.1, 0.15) is 31.9 Å². The molecule has 94 valence electrons. The minimum atomic E-state index is 0.0986. The van der Waals surface area contributed by atoms with Crippen LogP contribution in [0.5, 0.6) is 0 Å². The van der Waals surface area contributed by atoms with Gasteiger partial charge in [0.2, 0.25) is 5.91 Å². The molecule has 17 heavy (non-hydrogen) atoms. The van der Waals surface area contributed by atoms with E-state index in [1.54, 1.807) is 0 Å². The van der Waals surface area contributed by atoms with Crippen LogP contribution in [-0.2, 0) is 4.79 Å². The zero-order valence-electron chi connectivity index (χ0n) is 10.3. The summed E-state index contributed by atoms with van der Waals surface area (Å²) in [6.07, 6.45) is 0.520. The van der Waals surface area contributed by atoms with Crippen molar-refractivity contribution < 1.29 is 4.79 Å². The quantitative estimate of drug-likeness (QED) is 0.848. The molecule has 2 N–H and O–H groups in total. The zero-order chi connectivity index (χ0) is 12.7. The molecule has 4 heteroatoms. The lowest BCUT2D eigenvalue weighted by Crippen LogP contribution is -2.28. The molecular formula is C13H19BrN2O. The topological polar surface area (TPSA) is 41.1 Å². The summed E-state index contributed by atoms with van der Waals surface area (Å²) in [7, 11) is 0. The number of carbonyl (C=O) groups is 1. The number of amides is 1. The molecule has 0 bridgehead atoms. The van der Waals surface area contributed by atoms with Crippen LogP contribution < -0.4 is 10.6 Å². The second-order valence-corrected chi connectivity index (χ2v) is 4.85. The average molecular weight is 299 g/mol. The number of nitrogens with one attached hydrogen (secondary N) is 2. The molecule has 1 aromatic rings. The van der Waals surface area contributed by atoms with Crippen LogP contribution in [0.4, 0.5) is 0 Å². The molecule has 0 fully saturated rings. The Kier molecular flexibility index (Phi) is 6.22. The Bertz CT molecular complexity index is 368. The highest BCUT2D eigenvalue weighted by Crippen LogP contribution is 2.17. The predicted molar refractivity (Wildman–Crippen MR) is 73.9 cm³/mol. The van der Waals surface area contributed by atoms with Gasteiger partial charge in [-0.05, 0) is 31.5 Å². The van der Waals surface area contributed by atoms with Crippen molar-refractivity contribution in [1.82, 2.24) is 10.6 Å². The summed E-state index contributed by atoms with van der Waals surface area (Å²) in [5.74, 6) is 0.0986. The Balaban J connectivity index is 2.35. The van der Waals surface area contributed by atoms with Crippen LogP contribution in [0.3, 0.4) is 0 Å². The van der Waals surface area contributed by atoms with Crippen LogP contribution in [0.15, 0.2) is 28.7 Å². The molecule has 1 amide bonds. The molecule has 1 atom stereocenters. The zero-order valence-corrected chi connectivity index (χ0v) is 11.9. The van der Waals surface area contributed by atoms with E-state index >= 15 is 0 Å². The third-order valence-corrected chi connectivity index (χ3v) is 3.02. The summed E-state index contributed by atoms with van der Waals surface area (Å²) in [6.45, 7) is 5.41. The number of benzene rings is 1. The van der Waals surface area contributed by atoms with Crippen LogP contribution in [0, 0.1) is 0 Å². The third kappa shape index (κ3) is 5.33. The molecule has 1 aromatic carbocycles. The standard InChI is InChI=1S/C13H19BrN2O/c1-3-15-13(17)7-8-16-10(2)11-5-4-6-12(14)9-11/h4-6,9-10,16H,3,7-8H2,1-2H3,(H,15,17)/t10-/m1/s1. The molecule has 0 saturated heterocycles. The van der Waals surface area contributed by atoms with Gasteiger partial charge in [0.25, 0.3) is 0 Å². The lowest BCUT2D eigenvalue weighted by atomic mass is 10.1. The van der Waals surface area contributed by atoms with Crippen molar-refractivity contribution in [3.8, 4) is 0 Å². The largest absolute Gasteiger partial charge is 0.356 e. The Labute approximate surface area is 111 Å². The summed E-state index contributed by atoms with van der Waals surface area (Å²) in [4.78, 5) is 11.3. The summed E-state index contributed by atoms with van der Waals surface area (Å²) in [6, 6.07) is 8.44. The Morgan fingerprint density at radius 2 is 2.24 bits per heavy atom. The van der Waals surface area contributed by atoms with Gasteiger partial charge >= 0.3 is 0 Å². The van der Waals surface area contributed by atoms with E-state index in [2.05, 4.69) is 45.6 Å². The predicted octanol–water partition coefficient (Wildman–Crippen LogP) is 2.63. The molecule has 0 saturated carbocycles. The molecular weight excluding hydrogens is 280 g/mol. The lowest BCUT2D eigenvalue weighted by Gasteiger charge is -2.14. The van der Waals surface area contributed by atoms with Gasteiger partial charge in [-0.25, -0.2) is 0 Å². The molecule has 0 unspecified atom stereocenters. The van der Waals surface area contributed by atoms with Crippen molar-refractivity contribution in [2.45, 2.75) is 26.3 Å². The fraction of sp³-hybridized carbons (Fsp3) is 0.462. The molecule has 0 aliphatic rings. The number of hydrogen-bond donors (Lipinski definition) is 2. The van der Waals surface area contributed by atoms with Gasteiger partial charge in [0.1, 0.15) is 0 Å². The van der Waals surface area contributed by atoms with Crippen LogP contribution >= 0.6 is 15.9 Å². The maximum absolute atomic E-state index is 11.3. The van der Waals surface area contributed by atoms with Crippen LogP contribution in [0.25, 0.3) is 0 Å². The average Bonchev–Trinajstić information content (AvgIpc) is 2.29. The van der Waals surface area contributed by atoms with Crippen molar-refractivity contribution in [2.24, 2.45) is 0 Å². The van der Waals surface area contributed by atoms with E-state index in [-0.39, 0.29) is 11.9 Å². The Morgan fingerprint density at radius 1 is 1.47 bits per heavy atom. The van der Waals surface area contributed by atoms with Crippen molar-refractivity contribution in [1.29, 1.82) is 0 Å². The fourth-order valence-corrected chi connectivity index (χ4v) is 2.00. The highest BCUT2D eigenvalue weighted by atomic mass is 79.9. The summed E-state index contributed by atoms with van der Waals surface area (Å²) in [5, 5.41) is 6.12. The van der Waals surface area contributed by atoms with Gasteiger partial charge in [0.15, 0.2) is 0 Å². The number of rotatable bonds is 6. The van der Waals surface area contributed by atoms with E-state index < -0.39 is 0 Å². The maximum atomic E-state index is 11.3. The Hall–Kier alpha value is -0.870. The SMILES string of the molecule is CCNC(=O)CCN[C@H](C)c1cccc(Br)c1. The smallest absolute Gasteiger partial charge is 0.221 e. The highest BCUT2D eigenvalue weighted by Gasteiger charge is 2.06. The van der Waals surface area contributed by atoms with Gasteiger partial charge in [-0.1, -0.05) is 28.1 Å². The van der Waals surface area contributed by atoms with Gasteiger partial charge in [-0.2, -0.15) is 0 Å². The minimum absolute atomic E-state index is 0.0986. The van der Waals surface area contributed by atoms with E-state index in [4.69, 9.17) is 0 Å². The van der Waals surface area contributed by atoms with Gasteiger partial charge in [0, 0.05) is 30.0 Å². The second-order valence-electron chi connectivity index (χ2n) is 3.93. The van der Waals surface area contributed by atoms with Crippen molar-refractivity contribution in [3.05, 3.63) is 34.3 Å². The summed E-state index contributed by atoms with van der Waals surface area (Å²) >= 11 is 3.45. The second kappa shape index (κ2) is 7.45. The number of carbonyl (C=O) groups excluding carboxylic acids is 1. The Morgan fingerprint density at radius 3 is 2.88 bits per heavy atom. The first-order chi connectivity index (χ1) is 8.13. The molecule has 0 aliphatic carbocycles. The molecule has 0 spiro atoms. The summed E-state index contributed by atoms with van der Waals surface area (Å²) < 4.78 is 1.08. The first-order valence-corrected chi connectivity index (χ1v) is 6.68. The fourth-order valence-electron chi connectivity index (χ4n) is 1.58.